The average molecular weight is 600 g/mol. The number of carbonyl (C=O) groups is 1. The van der Waals surface area contributed by atoms with Gasteiger partial charge < -0.3 is 65.0 Å². The first kappa shape index (κ1) is 29.3. The van der Waals surface area contributed by atoms with Crippen LogP contribution in [0.25, 0.3) is 22.3 Å². The van der Waals surface area contributed by atoms with Gasteiger partial charge in [0.1, 0.15) is 52.6 Å². The summed E-state index contributed by atoms with van der Waals surface area (Å²) >= 11 is 0. The molecule has 1 saturated heterocycles. The molecule has 4 aromatic rings. The molecule has 2 heterocycles. The standard InChI is InChI=1S/C28H24O15/c29-8-19-26(43-28(40)10-4-15(34)22(36)16(35)5-10)24(38)25(39)27(42-19)21-14(33)7-18-20(23(21)37)13(32)6-17(41-18)9-1-2-11(30)12(31)3-9/h1-7,19,24-27,29-31,33-39H,8H2/t19-,24-,25-,26-,27+/m1/s1. The van der Waals surface area contributed by atoms with Crippen molar-refractivity contribution in [2.75, 3.05) is 6.61 Å². The molecule has 3 aromatic carbocycles. The van der Waals surface area contributed by atoms with Gasteiger partial charge in [-0.2, -0.15) is 0 Å². The van der Waals surface area contributed by atoms with Crippen molar-refractivity contribution in [2.45, 2.75) is 30.5 Å². The zero-order valence-corrected chi connectivity index (χ0v) is 21.6. The molecule has 226 valence electrons. The SMILES string of the molecule is O=C(O[C@H]1[C@H](O)[C@@H](O)[C@H](c2c(O)cc3oc(-c4ccc(O)c(O)c4)cc(=O)c3c2O)O[C@@H]1CO)c1cc(O)c(O)c(O)c1. The number of ether oxygens (including phenoxy) is 2. The number of hydrogen-bond acceptors (Lipinski definition) is 15. The zero-order valence-electron chi connectivity index (χ0n) is 21.6. The minimum atomic E-state index is -2.03. The van der Waals surface area contributed by atoms with Crippen molar-refractivity contribution in [2.24, 2.45) is 0 Å². The lowest BCUT2D eigenvalue weighted by Crippen LogP contribution is -2.57. The van der Waals surface area contributed by atoms with E-state index in [0.29, 0.717) is 0 Å². The fourth-order valence-electron chi connectivity index (χ4n) is 4.79. The lowest BCUT2D eigenvalue weighted by molar-refractivity contribution is -0.232. The minimum Gasteiger partial charge on any atom is -0.507 e. The fraction of sp³-hybridized carbons (Fsp3) is 0.214. The van der Waals surface area contributed by atoms with Crippen LogP contribution in [-0.4, -0.2) is 88.1 Å². The van der Waals surface area contributed by atoms with Crippen LogP contribution in [0, 0.1) is 0 Å². The van der Waals surface area contributed by atoms with Crippen LogP contribution >= 0.6 is 0 Å². The van der Waals surface area contributed by atoms with Gasteiger partial charge in [-0.15, -0.1) is 0 Å². The molecule has 1 aliphatic rings. The first-order valence-electron chi connectivity index (χ1n) is 12.5. The number of phenols is 7. The van der Waals surface area contributed by atoms with Gasteiger partial charge in [-0.25, -0.2) is 4.79 Å². The van der Waals surface area contributed by atoms with Crippen LogP contribution in [0.1, 0.15) is 22.0 Å². The highest BCUT2D eigenvalue weighted by Crippen LogP contribution is 2.45. The van der Waals surface area contributed by atoms with Crippen LogP contribution in [0.2, 0.25) is 0 Å². The third-order valence-electron chi connectivity index (χ3n) is 6.97. The first-order chi connectivity index (χ1) is 20.3. The normalized spacial score (nSPS) is 22.0. The Balaban J connectivity index is 1.48. The quantitative estimate of drug-likeness (QED) is 0.112. The Labute approximate surface area is 239 Å². The van der Waals surface area contributed by atoms with Crippen molar-refractivity contribution < 1.29 is 69.8 Å². The predicted molar refractivity (Wildman–Crippen MR) is 142 cm³/mol. The molecule has 0 aliphatic carbocycles. The lowest BCUT2D eigenvalue weighted by atomic mass is 9.89. The van der Waals surface area contributed by atoms with Gasteiger partial charge in [0.2, 0.25) is 0 Å². The van der Waals surface area contributed by atoms with E-state index in [4.69, 9.17) is 13.9 Å². The monoisotopic (exact) mass is 600 g/mol. The second-order valence-corrected chi connectivity index (χ2v) is 9.70. The van der Waals surface area contributed by atoms with E-state index in [0.717, 1.165) is 36.4 Å². The molecular weight excluding hydrogens is 576 g/mol. The van der Waals surface area contributed by atoms with Crippen LogP contribution in [0.4, 0.5) is 0 Å². The molecule has 0 amide bonds. The first-order valence-corrected chi connectivity index (χ1v) is 12.5. The van der Waals surface area contributed by atoms with E-state index in [1.807, 2.05) is 0 Å². The molecule has 0 spiro atoms. The topological polar surface area (TPSA) is 268 Å². The van der Waals surface area contributed by atoms with Crippen molar-refractivity contribution in [3.8, 4) is 51.6 Å². The van der Waals surface area contributed by atoms with Gasteiger partial charge in [0.05, 0.1) is 17.7 Å². The van der Waals surface area contributed by atoms with Gasteiger partial charge in [0.15, 0.2) is 40.3 Å². The Morgan fingerprint density at radius 1 is 0.791 bits per heavy atom. The van der Waals surface area contributed by atoms with Crippen molar-refractivity contribution in [1.82, 2.24) is 0 Å². The molecule has 0 saturated carbocycles. The maximum Gasteiger partial charge on any atom is 0.338 e. The summed E-state index contributed by atoms with van der Waals surface area (Å²) in [5.74, 6) is -6.51. The maximum atomic E-state index is 13.0. The summed E-state index contributed by atoms with van der Waals surface area (Å²) in [6.07, 6.45) is -9.12. The summed E-state index contributed by atoms with van der Waals surface area (Å²) in [5, 5.41) is 101. The maximum absolute atomic E-state index is 13.0. The predicted octanol–water partition coefficient (Wildman–Crippen LogP) is 0.779. The molecule has 15 nitrogen and oxygen atoms in total. The van der Waals surface area contributed by atoms with Gasteiger partial charge in [0.25, 0.3) is 0 Å². The van der Waals surface area contributed by atoms with Gasteiger partial charge in [-0.3, -0.25) is 4.79 Å². The Morgan fingerprint density at radius 2 is 1.47 bits per heavy atom. The van der Waals surface area contributed by atoms with Crippen molar-refractivity contribution >= 4 is 16.9 Å². The number of rotatable bonds is 5. The van der Waals surface area contributed by atoms with Gasteiger partial charge in [-0.1, -0.05) is 0 Å². The molecule has 43 heavy (non-hydrogen) atoms. The highest BCUT2D eigenvalue weighted by Gasteiger charge is 2.49. The second kappa shape index (κ2) is 10.9. The van der Waals surface area contributed by atoms with Crippen LogP contribution in [0.5, 0.6) is 40.2 Å². The number of esters is 1. The summed E-state index contributed by atoms with van der Waals surface area (Å²) in [6.45, 7) is -0.912. The lowest BCUT2D eigenvalue weighted by Gasteiger charge is -2.42. The van der Waals surface area contributed by atoms with E-state index >= 15 is 0 Å². The fourth-order valence-corrected chi connectivity index (χ4v) is 4.79. The van der Waals surface area contributed by atoms with E-state index in [9.17, 15) is 60.7 Å². The van der Waals surface area contributed by atoms with Crippen LogP contribution in [0.15, 0.2) is 51.7 Å². The van der Waals surface area contributed by atoms with Crippen LogP contribution in [0.3, 0.4) is 0 Å². The number of aliphatic hydroxyl groups excluding tert-OH is 3. The van der Waals surface area contributed by atoms with Crippen molar-refractivity contribution in [1.29, 1.82) is 0 Å². The molecule has 1 aliphatic heterocycles. The number of phenolic OH excluding ortho intramolecular Hbond substituents is 7. The Hall–Kier alpha value is -5.22. The second-order valence-electron chi connectivity index (χ2n) is 9.70. The summed E-state index contributed by atoms with van der Waals surface area (Å²) in [7, 11) is 0. The number of fused-ring (bicyclic) bond motifs is 1. The highest BCUT2D eigenvalue weighted by atomic mass is 16.6. The summed E-state index contributed by atoms with van der Waals surface area (Å²) < 4.78 is 16.4. The molecule has 0 unspecified atom stereocenters. The molecule has 0 radical (unpaired) electrons. The summed E-state index contributed by atoms with van der Waals surface area (Å²) in [5.41, 5.74) is -1.98. The number of aromatic hydroxyl groups is 7. The minimum absolute atomic E-state index is 0.0935. The van der Waals surface area contributed by atoms with E-state index in [1.165, 1.54) is 6.07 Å². The van der Waals surface area contributed by atoms with Crippen molar-refractivity contribution in [3.63, 3.8) is 0 Å². The molecule has 15 heteroatoms. The van der Waals surface area contributed by atoms with Crippen LogP contribution in [-0.2, 0) is 9.47 Å². The highest BCUT2D eigenvalue weighted by molar-refractivity contribution is 5.91. The summed E-state index contributed by atoms with van der Waals surface area (Å²) in [6, 6.07) is 7.02. The van der Waals surface area contributed by atoms with E-state index in [1.54, 1.807) is 0 Å². The smallest absolute Gasteiger partial charge is 0.338 e. The van der Waals surface area contributed by atoms with E-state index < -0.39 is 105 Å². The zero-order chi connectivity index (χ0) is 31.3. The molecule has 5 atom stereocenters. The van der Waals surface area contributed by atoms with E-state index in [2.05, 4.69) is 0 Å². The van der Waals surface area contributed by atoms with E-state index in [-0.39, 0.29) is 16.9 Å². The Bertz CT molecular complexity index is 1770. The molecule has 0 bridgehead atoms. The number of aliphatic hydroxyl groups is 3. The largest absolute Gasteiger partial charge is 0.507 e. The third kappa shape index (κ3) is 5.06. The third-order valence-corrected chi connectivity index (χ3v) is 6.97. The molecule has 1 aromatic heterocycles. The molecule has 5 rings (SSSR count). The van der Waals surface area contributed by atoms with Gasteiger partial charge in [0, 0.05) is 17.7 Å². The summed E-state index contributed by atoms with van der Waals surface area (Å²) in [4.78, 5) is 25.7. The van der Waals surface area contributed by atoms with Crippen molar-refractivity contribution in [3.05, 3.63) is 63.8 Å². The Kier molecular flexibility index (Phi) is 7.41. The van der Waals surface area contributed by atoms with Gasteiger partial charge >= 0.3 is 5.97 Å². The number of benzene rings is 3. The molecule has 1 fully saturated rings. The average Bonchev–Trinajstić information content (AvgIpc) is 2.95. The number of carbonyl (C=O) groups excluding carboxylic acids is 1. The number of hydrogen-bond donors (Lipinski definition) is 10. The molecule has 10 N–H and O–H groups in total. The van der Waals surface area contributed by atoms with Crippen LogP contribution < -0.4 is 5.43 Å². The van der Waals surface area contributed by atoms with Gasteiger partial charge in [-0.05, 0) is 30.3 Å². The Morgan fingerprint density at radius 3 is 2.09 bits per heavy atom. The molecular formula is C28H24O15.